The fraction of sp³-hybridized carbons (Fsp3) is 0.671. The summed E-state index contributed by atoms with van der Waals surface area (Å²) in [4.78, 5) is 38.3. The molecule has 0 heterocycles. The van der Waals surface area contributed by atoms with Gasteiger partial charge in [-0.1, -0.05) is 284 Å². The van der Waals surface area contributed by atoms with Gasteiger partial charge in [-0.2, -0.15) is 0 Å². The first-order valence-corrected chi connectivity index (χ1v) is 31.5. The van der Waals surface area contributed by atoms with E-state index < -0.39 is 6.10 Å². The Morgan fingerprint density at radius 1 is 0.276 bits per heavy atom. The summed E-state index contributed by atoms with van der Waals surface area (Å²) in [6.07, 6.45) is 87.7. The van der Waals surface area contributed by atoms with Crippen molar-refractivity contribution in [1.29, 1.82) is 0 Å². The molecule has 0 rings (SSSR count). The van der Waals surface area contributed by atoms with E-state index in [4.69, 9.17) is 14.2 Å². The van der Waals surface area contributed by atoms with Gasteiger partial charge in [0.15, 0.2) is 6.10 Å². The van der Waals surface area contributed by atoms with Crippen LogP contribution in [0.5, 0.6) is 0 Å². The van der Waals surface area contributed by atoms with Gasteiger partial charge in [0.1, 0.15) is 13.2 Å². The molecule has 0 bridgehead atoms. The van der Waals surface area contributed by atoms with E-state index in [1.54, 1.807) is 0 Å². The molecule has 6 nitrogen and oxygen atoms in total. The van der Waals surface area contributed by atoms with Crippen LogP contribution in [0.2, 0.25) is 0 Å². The SMILES string of the molecule is CC/C=C\C/C=C\C/C=C\C/C=C\C/C=C\C/C=C\C/C=C\CCCC(=O)OCC(COC(=O)CCCCCCCCC/C=C\C/C=C\C/C=C\CC)OC(=O)CCCCCCCCCCCCCCCCCCCC. The van der Waals surface area contributed by atoms with Crippen molar-refractivity contribution in [2.45, 2.75) is 290 Å². The maximum Gasteiger partial charge on any atom is 0.306 e. The molecule has 0 aliphatic rings. The number of hydrogen-bond acceptors (Lipinski definition) is 6. The molecule has 0 aromatic rings. The Hall–Kier alpha value is -4.19. The number of carbonyl (C=O) groups excluding carboxylic acids is 3. The van der Waals surface area contributed by atoms with Crippen molar-refractivity contribution in [3.8, 4) is 0 Å². The van der Waals surface area contributed by atoms with E-state index in [0.29, 0.717) is 19.3 Å². The predicted molar refractivity (Wildman–Crippen MR) is 330 cm³/mol. The molecule has 1 unspecified atom stereocenters. The fourth-order valence-corrected chi connectivity index (χ4v) is 8.56. The second-order valence-corrected chi connectivity index (χ2v) is 20.6. The molecule has 0 N–H and O–H groups in total. The maximum atomic E-state index is 12.9. The van der Waals surface area contributed by atoms with Gasteiger partial charge in [-0.25, -0.2) is 0 Å². The maximum absolute atomic E-state index is 12.9. The Bertz CT molecular complexity index is 1590. The molecule has 0 fully saturated rings. The van der Waals surface area contributed by atoms with Crippen LogP contribution in [-0.2, 0) is 28.6 Å². The topological polar surface area (TPSA) is 78.9 Å². The summed E-state index contributed by atoms with van der Waals surface area (Å²) in [6, 6.07) is 0. The third kappa shape index (κ3) is 60.7. The highest BCUT2D eigenvalue weighted by Gasteiger charge is 2.19. The first kappa shape index (κ1) is 71.8. The molecule has 0 aromatic heterocycles. The molecule has 0 saturated heterocycles. The zero-order chi connectivity index (χ0) is 55.0. The molecule has 6 heteroatoms. The van der Waals surface area contributed by atoms with Crippen LogP contribution in [0.15, 0.2) is 122 Å². The Morgan fingerprint density at radius 2 is 0.526 bits per heavy atom. The van der Waals surface area contributed by atoms with Crippen LogP contribution in [-0.4, -0.2) is 37.2 Å². The molecule has 0 aromatic carbocycles. The van der Waals surface area contributed by atoms with Gasteiger partial charge < -0.3 is 14.2 Å². The number of allylic oxidation sites excluding steroid dienone is 20. The highest BCUT2D eigenvalue weighted by atomic mass is 16.6. The van der Waals surface area contributed by atoms with Crippen LogP contribution in [0.1, 0.15) is 284 Å². The molecule has 76 heavy (non-hydrogen) atoms. The third-order valence-electron chi connectivity index (χ3n) is 13.2. The normalized spacial score (nSPS) is 12.9. The summed E-state index contributed by atoms with van der Waals surface area (Å²) >= 11 is 0. The average molecular weight is 1050 g/mol. The first-order chi connectivity index (χ1) is 37.5. The first-order valence-electron chi connectivity index (χ1n) is 31.5. The summed E-state index contributed by atoms with van der Waals surface area (Å²) in [5, 5.41) is 0. The zero-order valence-electron chi connectivity index (χ0n) is 49.5. The minimum absolute atomic E-state index is 0.102. The van der Waals surface area contributed by atoms with Crippen molar-refractivity contribution in [1.82, 2.24) is 0 Å². The quantitative estimate of drug-likeness (QED) is 0.0261. The highest BCUT2D eigenvalue weighted by molar-refractivity contribution is 5.71. The number of hydrogen-bond donors (Lipinski definition) is 0. The molecule has 0 saturated carbocycles. The van der Waals surface area contributed by atoms with Gasteiger partial charge in [0.05, 0.1) is 0 Å². The number of esters is 3. The number of unbranched alkanes of at least 4 members (excludes halogenated alkanes) is 25. The van der Waals surface area contributed by atoms with Crippen molar-refractivity contribution in [3.63, 3.8) is 0 Å². The molecular formula is C70H116O6. The Morgan fingerprint density at radius 3 is 0.855 bits per heavy atom. The number of rotatable bonds is 56. The molecule has 0 aliphatic carbocycles. The minimum Gasteiger partial charge on any atom is -0.462 e. The standard InChI is InChI=1S/C70H116O6/c1-4-7-10-13-16-19-22-25-28-31-33-34-35-36-37-40-42-45-48-51-54-57-60-63-69(72)75-66-67(65-74-68(71)62-59-56-53-50-47-44-41-38-30-27-24-21-18-15-12-9-6-3)76-70(73)64-61-58-55-52-49-46-43-39-32-29-26-23-20-17-14-11-8-5-2/h7,9-10,12,16,18-19,21,25,27-28,30,33-34,36-37,42,45,51,54,67H,4-6,8,11,13-15,17,20,22-24,26,29,31-32,35,38-41,43-44,46-50,52-53,55-66H2,1-3H3/b10-7-,12-9-,19-16-,21-18-,28-25-,30-27-,34-33-,37-36-,45-42-,54-51-. The van der Waals surface area contributed by atoms with Crippen molar-refractivity contribution >= 4 is 17.9 Å². The van der Waals surface area contributed by atoms with Gasteiger partial charge in [0.25, 0.3) is 0 Å². The van der Waals surface area contributed by atoms with Crippen LogP contribution < -0.4 is 0 Å². The van der Waals surface area contributed by atoms with E-state index in [2.05, 4.69) is 142 Å². The Balaban J connectivity index is 4.49. The highest BCUT2D eigenvalue weighted by Crippen LogP contribution is 2.16. The largest absolute Gasteiger partial charge is 0.462 e. The van der Waals surface area contributed by atoms with Crippen molar-refractivity contribution in [3.05, 3.63) is 122 Å². The predicted octanol–water partition coefficient (Wildman–Crippen LogP) is 21.6. The van der Waals surface area contributed by atoms with Crippen LogP contribution >= 0.6 is 0 Å². The van der Waals surface area contributed by atoms with Crippen molar-refractivity contribution in [2.75, 3.05) is 13.2 Å². The second kappa shape index (κ2) is 63.3. The van der Waals surface area contributed by atoms with E-state index in [1.165, 1.54) is 122 Å². The monoisotopic (exact) mass is 1050 g/mol. The van der Waals surface area contributed by atoms with Gasteiger partial charge in [0, 0.05) is 19.3 Å². The molecule has 432 valence electrons. The van der Waals surface area contributed by atoms with Gasteiger partial charge in [-0.05, 0) is 103 Å². The number of carbonyl (C=O) groups is 3. The number of ether oxygens (including phenoxy) is 3. The summed E-state index contributed by atoms with van der Waals surface area (Å²) in [7, 11) is 0. The molecule has 0 aliphatic heterocycles. The summed E-state index contributed by atoms with van der Waals surface area (Å²) < 4.78 is 16.9. The summed E-state index contributed by atoms with van der Waals surface area (Å²) in [5.74, 6) is -0.966. The molecule has 1 atom stereocenters. The van der Waals surface area contributed by atoms with Gasteiger partial charge >= 0.3 is 17.9 Å². The lowest BCUT2D eigenvalue weighted by atomic mass is 10.0. The molecule has 0 radical (unpaired) electrons. The van der Waals surface area contributed by atoms with E-state index >= 15 is 0 Å². The summed E-state index contributed by atoms with van der Waals surface area (Å²) in [5.41, 5.74) is 0. The van der Waals surface area contributed by atoms with E-state index in [-0.39, 0.29) is 37.5 Å². The lowest BCUT2D eigenvalue weighted by Crippen LogP contribution is -2.30. The molecule has 0 spiro atoms. The van der Waals surface area contributed by atoms with Crippen molar-refractivity contribution < 1.29 is 28.6 Å². The van der Waals surface area contributed by atoms with Gasteiger partial charge in [-0.15, -0.1) is 0 Å². The van der Waals surface area contributed by atoms with Crippen LogP contribution in [0.25, 0.3) is 0 Å². The Labute approximate surface area is 469 Å². The molecular weight excluding hydrogens is 937 g/mol. The van der Waals surface area contributed by atoms with Crippen LogP contribution in [0, 0.1) is 0 Å². The minimum atomic E-state index is -0.809. The lowest BCUT2D eigenvalue weighted by molar-refractivity contribution is -0.167. The third-order valence-corrected chi connectivity index (χ3v) is 13.2. The van der Waals surface area contributed by atoms with Gasteiger partial charge in [-0.3, -0.25) is 14.4 Å². The van der Waals surface area contributed by atoms with E-state index in [9.17, 15) is 14.4 Å². The smallest absolute Gasteiger partial charge is 0.306 e. The van der Waals surface area contributed by atoms with E-state index in [0.717, 1.165) is 116 Å². The average Bonchev–Trinajstić information content (AvgIpc) is 3.42. The molecule has 0 amide bonds. The van der Waals surface area contributed by atoms with Crippen LogP contribution in [0.3, 0.4) is 0 Å². The fourth-order valence-electron chi connectivity index (χ4n) is 8.56. The Kier molecular flexibility index (Phi) is 59.9. The zero-order valence-corrected chi connectivity index (χ0v) is 49.5. The van der Waals surface area contributed by atoms with Gasteiger partial charge in [0.2, 0.25) is 0 Å². The second-order valence-electron chi connectivity index (χ2n) is 20.6. The summed E-state index contributed by atoms with van der Waals surface area (Å²) in [6.45, 7) is 6.38. The van der Waals surface area contributed by atoms with Crippen LogP contribution in [0.4, 0.5) is 0 Å². The van der Waals surface area contributed by atoms with E-state index in [1.807, 2.05) is 0 Å². The lowest BCUT2D eigenvalue weighted by Gasteiger charge is -2.18. The van der Waals surface area contributed by atoms with Crippen molar-refractivity contribution in [2.24, 2.45) is 0 Å².